The van der Waals surface area contributed by atoms with E-state index in [0.717, 1.165) is 19.1 Å². The number of hydrogen-bond acceptors (Lipinski definition) is 4. The van der Waals surface area contributed by atoms with E-state index < -0.39 is 0 Å². The fourth-order valence-electron chi connectivity index (χ4n) is 3.40. The van der Waals surface area contributed by atoms with E-state index >= 15 is 0 Å². The smallest absolute Gasteiger partial charge is 0.0707 e. The summed E-state index contributed by atoms with van der Waals surface area (Å²) in [7, 11) is 0. The van der Waals surface area contributed by atoms with Crippen LogP contribution in [0.5, 0.6) is 0 Å². The molecule has 2 aliphatic heterocycles. The number of ether oxygens (including phenoxy) is 1. The number of nitrogens with zero attached hydrogens (tertiary/aromatic N) is 2. The van der Waals surface area contributed by atoms with Crippen LogP contribution in [0, 0.1) is 0 Å². The van der Waals surface area contributed by atoms with Crippen LogP contribution in [0.3, 0.4) is 0 Å². The third-order valence-corrected chi connectivity index (χ3v) is 5.01. The average Bonchev–Trinajstić information content (AvgIpc) is 3.17. The van der Waals surface area contributed by atoms with E-state index in [0.29, 0.717) is 18.2 Å². The zero-order valence-corrected chi connectivity index (χ0v) is 13.2. The lowest BCUT2D eigenvalue weighted by Gasteiger charge is -2.37. The second kappa shape index (κ2) is 6.73. The molecule has 0 amide bonds. The molecular formula is C16H31N3O. The zero-order chi connectivity index (χ0) is 13.9. The van der Waals surface area contributed by atoms with Gasteiger partial charge in [0.1, 0.15) is 0 Å². The van der Waals surface area contributed by atoms with Crippen molar-refractivity contribution in [3.8, 4) is 0 Å². The Morgan fingerprint density at radius 1 is 1.00 bits per heavy atom. The molecule has 2 atom stereocenters. The Balaban J connectivity index is 1.32. The summed E-state index contributed by atoms with van der Waals surface area (Å²) in [6.07, 6.45) is 6.19. The highest BCUT2D eigenvalue weighted by Gasteiger charge is 2.30. The van der Waals surface area contributed by atoms with Gasteiger partial charge in [-0.25, -0.2) is 0 Å². The molecule has 3 rings (SSSR count). The molecule has 1 saturated carbocycles. The van der Waals surface area contributed by atoms with Gasteiger partial charge in [0.25, 0.3) is 0 Å². The first kappa shape index (κ1) is 14.8. The molecule has 116 valence electrons. The molecule has 20 heavy (non-hydrogen) atoms. The molecule has 3 aliphatic rings. The van der Waals surface area contributed by atoms with Crippen LogP contribution in [-0.4, -0.2) is 73.4 Å². The van der Waals surface area contributed by atoms with Gasteiger partial charge in [-0.1, -0.05) is 0 Å². The topological polar surface area (TPSA) is 27.7 Å². The third-order valence-electron chi connectivity index (χ3n) is 5.01. The summed E-state index contributed by atoms with van der Waals surface area (Å²) in [5.74, 6) is 0. The van der Waals surface area contributed by atoms with Gasteiger partial charge in [0.05, 0.1) is 12.2 Å². The zero-order valence-electron chi connectivity index (χ0n) is 13.2. The van der Waals surface area contributed by atoms with Crippen LogP contribution in [0.15, 0.2) is 0 Å². The SMILES string of the molecule is CC(C)N1CCN(CC2CCC(CNC3CC3)O2)CC1. The van der Waals surface area contributed by atoms with Gasteiger partial charge in [-0.15, -0.1) is 0 Å². The largest absolute Gasteiger partial charge is 0.372 e. The number of hydrogen-bond donors (Lipinski definition) is 1. The van der Waals surface area contributed by atoms with Crippen LogP contribution in [0.4, 0.5) is 0 Å². The van der Waals surface area contributed by atoms with Crippen LogP contribution in [0.25, 0.3) is 0 Å². The van der Waals surface area contributed by atoms with Crippen molar-refractivity contribution < 1.29 is 4.74 Å². The number of rotatable bonds is 6. The maximum atomic E-state index is 6.20. The van der Waals surface area contributed by atoms with E-state index in [-0.39, 0.29) is 0 Å². The quantitative estimate of drug-likeness (QED) is 0.794. The van der Waals surface area contributed by atoms with Crippen molar-refractivity contribution in [1.82, 2.24) is 15.1 Å². The van der Waals surface area contributed by atoms with Crippen LogP contribution < -0.4 is 5.32 Å². The molecule has 2 unspecified atom stereocenters. The third kappa shape index (κ3) is 4.17. The Labute approximate surface area is 123 Å². The Kier molecular flexibility index (Phi) is 4.97. The summed E-state index contributed by atoms with van der Waals surface area (Å²) in [4.78, 5) is 5.18. The van der Waals surface area contributed by atoms with Crippen molar-refractivity contribution >= 4 is 0 Å². The van der Waals surface area contributed by atoms with Crippen molar-refractivity contribution in [3.63, 3.8) is 0 Å². The second-order valence-electron chi connectivity index (χ2n) is 7.07. The predicted molar refractivity (Wildman–Crippen MR) is 82.1 cm³/mol. The highest BCUT2D eigenvalue weighted by atomic mass is 16.5. The lowest BCUT2D eigenvalue weighted by molar-refractivity contribution is 0.00983. The summed E-state index contributed by atoms with van der Waals surface area (Å²) in [5.41, 5.74) is 0. The summed E-state index contributed by atoms with van der Waals surface area (Å²) in [6, 6.07) is 1.50. The number of nitrogens with one attached hydrogen (secondary N) is 1. The van der Waals surface area contributed by atoms with Gasteiger partial charge in [0.2, 0.25) is 0 Å². The molecular weight excluding hydrogens is 250 g/mol. The summed E-state index contributed by atoms with van der Waals surface area (Å²) in [5, 5.41) is 3.60. The van der Waals surface area contributed by atoms with Crippen molar-refractivity contribution in [1.29, 1.82) is 0 Å². The van der Waals surface area contributed by atoms with Crippen molar-refractivity contribution in [2.45, 2.75) is 63.8 Å². The molecule has 3 fully saturated rings. The highest BCUT2D eigenvalue weighted by Crippen LogP contribution is 2.23. The first-order valence-corrected chi connectivity index (χ1v) is 8.56. The Morgan fingerprint density at radius 2 is 1.70 bits per heavy atom. The van der Waals surface area contributed by atoms with Gasteiger partial charge >= 0.3 is 0 Å². The molecule has 0 aromatic rings. The molecule has 0 radical (unpaired) electrons. The van der Waals surface area contributed by atoms with Crippen LogP contribution in [-0.2, 0) is 4.74 Å². The van der Waals surface area contributed by atoms with Gasteiger partial charge in [0, 0.05) is 51.4 Å². The van der Waals surface area contributed by atoms with E-state index in [4.69, 9.17) is 4.74 Å². The standard InChI is InChI=1S/C16H31N3O/c1-13(2)19-9-7-18(8-10-19)12-16-6-5-15(20-16)11-17-14-3-4-14/h13-17H,3-12H2,1-2H3. The van der Waals surface area contributed by atoms with E-state index in [2.05, 4.69) is 29.0 Å². The Hall–Kier alpha value is -0.160. The molecule has 0 bridgehead atoms. The Bertz CT molecular complexity index is 298. The summed E-state index contributed by atoms with van der Waals surface area (Å²) < 4.78 is 6.20. The van der Waals surface area contributed by atoms with Gasteiger partial charge < -0.3 is 10.1 Å². The van der Waals surface area contributed by atoms with Gasteiger partial charge in [-0.2, -0.15) is 0 Å². The summed E-state index contributed by atoms with van der Waals surface area (Å²) >= 11 is 0. The predicted octanol–water partition coefficient (Wildman–Crippen LogP) is 1.31. The first-order chi connectivity index (χ1) is 9.70. The van der Waals surface area contributed by atoms with Gasteiger partial charge in [0.15, 0.2) is 0 Å². The maximum Gasteiger partial charge on any atom is 0.0707 e. The molecule has 2 heterocycles. The van der Waals surface area contributed by atoms with Crippen molar-refractivity contribution in [3.05, 3.63) is 0 Å². The minimum atomic E-state index is 0.470. The summed E-state index contributed by atoms with van der Waals surface area (Å²) in [6.45, 7) is 11.7. The van der Waals surface area contributed by atoms with E-state index in [9.17, 15) is 0 Å². The molecule has 1 N–H and O–H groups in total. The van der Waals surface area contributed by atoms with Crippen molar-refractivity contribution in [2.24, 2.45) is 0 Å². The molecule has 2 saturated heterocycles. The second-order valence-corrected chi connectivity index (χ2v) is 7.07. The fraction of sp³-hybridized carbons (Fsp3) is 1.00. The van der Waals surface area contributed by atoms with E-state index in [1.165, 1.54) is 51.9 Å². The van der Waals surface area contributed by atoms with Gasteiger partial charge in [-0.05, 0) is 39.5 Å². The monoisotopic (exact) mass is 281 g/mol. The number of piperazine rings is 1. The first-order valence-electron chi connectivity index (χ1n) is 8.56. The van der Waals surface area contributed by atoms with Crippen LogP contribution >= 0.6 is 0 Å². The minimum absolute atomic E-state index is 0.470. The lowest BCUT2D eigenvalue weighted by atomic mass is 10.1. The van der Waals surface area contributed by atoms with E-state index in [1.54, 1.807) is 0 Å². The normalized spacial score (nSPS) is 33.1. The van der Waals surface area contributed by atoms with E-state index in [1.807, 2.05) is 0 Å². The van der Waals surface area contributed by atoms with Crippen LogP contribution in [0.2, 0.25) is 0 Å². The molecule has 0 aromatic heterocycles. The van der Waals surface area contributed by atoms with Crippen molar-refractivity contribution in [2.75, 3.05) is 39.3 Å². The average molecular weight is 281 g/mol. The maximum absolute atomic E-state index is 6.20. The molecule has 0 spiro atoms. The minimum Gasteiger partial charge on any atom is -0.372 e. The molecule has 4 nitrogen and oxygen atoms in total. The fourth-order valence-corrected chi connectivity index (χ4v) is 3.40. The molecule has 4 heteroatoms. The molecule has 1 aliphatic carbocycles. The van der Waals surface area contributed by atoms with Crippen LogP contribution in [0.1, 0.15) is 39.5 Å². The highest BCUT2D eigenvalue weighted by molar-refractivity contribution is 4.85. The molecule has 0 aromatic carbocycles. The lowest BCUT2D eigenvalue weighted by Crippen LogP contribution is -2.50. The Morgan fingerprint density at radius 3 is 2.35 bits per heavy atom. The van der Waals surface area contributed by atoms with Gasteiger partial charge in [-0.3, -0.25) is 9.80 Å².